The molecule has 1 aliphatic rings. The van der Waals surface area contributed by atoms with Crippen LogP contribution in [0, 0.1) is 0 Å². The Morgan fingerprint density at radius 2 is 1.86 bits per heavy atom. The SMILES string of the molecule is COC(=O)c1ccc(NC(=O)CSc2nc(C3CC3)n(-c3ccccc3)n2)cc1. The topological polar surface area (TPSA) is 86.1 Å². The number of amides is 1. The summed E-state index contributed by atoms with van der Waals surface area (Å²) in [6.45, 7) is 0. The summed E-state index contributed by atoms with van der Waals surface area (Å²) in [5, 5.41) is 8.00. The lowest BCUT2D eigenvalue weighted by molar-refractivity contribution is -0.113. The number of hydrogen-bond acceptors (Lipinski definition) is 6. The molecule has 7 nitrogen and oxygen atoms in total. The number of rotatable bonds is 7. The van der Waals surface area contributed by atoms with Crippen LogP contribution in [0.3, 0.4) is 0 Å². The van der Waals surface area contributed by atoms with Crippen molar-refractivity contribution >= 4 is 29.3 Å². The normalized spacial score (nSPS) is 13.1. The van der Waals surface area contributed by atoms with Crippen LogP contribution >= 0.6 is 11.8 Å². The third-order valence-corrected chi connectivity index (χ3v) is 5.32. The predicted molar refractivity (Wildman–Crippen MR) is 110 cm³/mol. The van der Waals surface area contributed by atoms with Crippen LogP contribution in [0.15, 0.2) is 59.8 Å². The van der Waals surface area contributed by atoms with E-state index in [1.807, 2.05) is 35.0 Å². The van der Waals surface area contributed by atoms with E-state index in [1.165, 1.54) is 18.9 Å². The van der Waals surface area contributed by atoms with E-state index >= 15 is 0 Å². The van der Waals surface area contributed by atoms with E-state index in [0.29, 0.717) is 22.3 Å². The fourth-order valence-corrected chi connectivity index (χ4v) is 3.50. The van der Waals surface area contributed by atoms with Crippen molar-refractivity contribution in [2.24, 2.45) is 0 Å². The molecule has 3 aromatic rings. The molecule has 1 fully saturated rings. The van der Waals surface area contributed by atoms with Gasteiger partial charge in [-0.25, -0.2) is 14.5 Å². The van der Waals surface area contributed by atoms with E-state index in [9.17, 15) is 9.59 Å². The number of carbonyl (C=O) groups is 2. The van der Waals surface area contributed by atoms with E-state index in [2.05, 4.69) is 20.1 Å². The smallest absolute Gasteiger partial charge is 0.337 e. The van der Waals surface area contributed by atoms with Crippen LogP contribution in [0.4, 0.5) is 5.69 Å². The Morgan fingerprint density at radius 3 is 2.52 bits per heavy atom. The summed E-state index contributed by atoms with van der Waals surface area (Å²) in [5.74, 6) is 1.02. The molecule has 1 saturated carbocycles. The van der Waals surface area contributed by atoms with Gasteiger partial charge in [-0.05, 0) is 49.2 Å². The number of thioether (sulfide) groups is 1. The van der Waals surface area contributed by atoms with Crippen LogP contribution in [-0.2, 0) is 9.53 Å². The van der Waals surface area contributed by atoms with E-state index in [1.54, 1.807) is 24.3 Å². The van der Waals surface area contributed by atoms with E-state index in [0.717, 1.165) is 24.4 Å². The number of hydrogen-bond donors (Lipinski definition) is 1. The number of anilines is 1. The lowest BCUT2D eigenvalue weighted by atomic mass is 10.2. The number of carbonyl (C=O) groups excluding carboxylic acids is 2. The van der Waals surface area contributed by atoms with Crippen LogP contribution in [0.5, 0.6) is 0 Å². The van der Waals surface area contributed by atoms with Gasteiger partial charge in [0.1, 0.15) is 5.82 Å². The molecule has 0 bridgehead atoms. The molecule has 29 heavy (non-hydrogen) atoms. The van der Waals surface area contributed by atoms with E-state index < -0.39 is 5.97 Å². The Morgan fingerprint density at radius 1 is 1.14 bits per heavy atom. The number of aromatic nitrogens is 3. The summed E-state index contributed by atoms with van der Waals surface area (Å²) in [7, 11) is 1.33. The second-order valence-electron chi connectivity index (χ2n) is 6.68. The number of ether oxygens (including phenoxy) is 1. The van der Waals surface area contributed by atoms with Gasteiger partial charge in [0.15, 0.2) is 0 Å². The van der Waals surface area contributed by atoms with E-state index in [4.69, 9.17) is 0 Å². The fraction of sp³-hybridized carbons (Fsp3) is 0.238. The zero-order valence-electron chi connectivity index (χ0n) is 15.9. The van der Waals surface area contributed by atoms with Crippen molar-refractivity contribution in [2.45, 2.75) is 23.9 Å². The highest BCUT2D eigenvalue weighted by Gasteiger charge is 2.30. The van der Waals surface area contributed by atoms with Crippen molar-refractivity contribution in [3.63, 3.8) is 0 Å². The number of para-hydroxylation sites is 1. The number of benzene rings is 2. The molecule has 0 atom stereocenters. The maximum absolute atomic E-state index is 12.3. The molecule has 1 N–H and O–H groups in total. The number of nitrogens with one attached hydrogen (secondary N) is 1. The highest BCUT2D eigenvalue weighted by atomic mass is 32.2. The van der Waals surface area contributed by atoms with Crippen molar-refractivity contribution in [2.75, 3.05) is 18.2 Å². The Balaban J connectivity index is 1.39. The number of methoxy groups -OCH3 is 1. The van der Waals surface area contributed by atoms with Crippen molar-refractivity contribution < 1.29 is 14.3 Å². The molecule has 8 heteroatoms. The van der Waals surface area contributed by atoms with Gasteiger partial charge in [0.2, 0.25) is 11.1 Å². The molecule has 0 radical (unpaired) electrons. The summed E-state index contributed by atoms with van der Waals surface area (Å²) in [5.41, 5.74) is 2.02. The summed E-state index contributed by atoms with van der Waals surface area (Å²) < 4.78 is 6.54. The monoisotopic (exact) mass is 408 g/mol. The molecule has 4 rings (SSSR count). The van der Waals surface area contributed by atoms with Gasteiger partial charge in [0.25, 0.3) is 0 Å². The van der Waals surface area contributed by atoms with Gasteiger partial charge in [0, 0.05) is 11.6 Å². The van der Waals surface area contributed by atoms with Crippen LogP contribution in [0.25, 0.3) is 5.69 Å². The van der Waals surface area contributed by atoms with Crippen molar-refractivity contribution in [1.82, 2.24) is 14.8 Å². The van der Waals surface area contributed by atoms with Gasteiger partial charge in [-0.15, -0.1) is 5.10 Å². The average molecular weight is 408 g/mol. The first-order chi connectivity index (χ1) is 14.1. The Kier molecular flexibility index (Phi) is 5.62. The molecule has 0 unspecified atom stereocenters. The zero-order chi connectivity index (χ0) is 20.2. The van der Waals surface area contributed by atoms with Gasteiger partial charge in [-0.1, -0.05) is 30.0 Å². The average Bonchev–Trinajstić information content (AvgIpc) is 3.52. The molecule has 1 heterocycles. The largest absolute Gasteiger partial charge is 0.465 e. The molecule has 0 spiro atoms. The van der Waals surface area contributed by atoms with Gasteiger partial charge < -0.3 is 10.1 Å². The van der Waals surface area contributed by atoms with Gasteiger partial charge in [-0.2, -0.15) is 0 Å². The van der Waals surface area contributed by atoms with Crippen molar-refractivity contribution in [1.29, 1.82) is 0 Å². The minimum atomic E-state index is -0.412. The van der Waals surface area contributed by atoms with Gasteiger partial charge >= 0.3 is 5.97 Å². The predicted octanol–water partition coefficient (Wildman–Crippen LogP) is 3.66. The summed E-state index contributed by atoms with van der Waals surface area (Å²) in [6.07, 6.45) is 2.25. The Hall–Kier alpha value is -3.13. The first kappa shape index (κ1) is 19.2. The molecule has 1 aliphatic carbocycles. The first-order valence-corrected chi connectivity index (χ1v) is 10.3. The van der Waals surface area contributed by atoms with Crippen molar-refractivity contribution in [3.8, 4) is 5.69 Å². The molecule has 2 aromatic carbocycles. The molecule has 0 aliphatic heterocycles. The third kappa shape index (κ3) is 4.65. The van der Waals surface area contributed by atoms with Crippen LogP contribution in [0.2, 0.25) is 0 Å². The lowest BCUT2D eigenvalue weighted by Gasteiger charge is -2.05. The fourth-order valence-electron chi connectivity index (χ4n) is 2.87. The van der Waals surface area contributed by atoms with Crippen LogP contribution in [-0.4, -0.2) is 39.5 Å². The maximum Gasteiger partial charge on any atom is 0.337 e. The number of nitrogens with zero attached hydrogens (tertiary/aromatic N) is 3. The molecular formula is C21H20N4O3S. The highest BCUT2D eigenvalue weighted by molar-refractivity contribution is 7.99. The van der Waals surface area contributed by atoms with E-state index in [-0.39, 0.29) is 11.7 Å². The zero-order valence-corrected chi connectivity index (χ0v) is 16.7. The Bertz CT molecular complexity index is 1010. The quantitative estimate of drug-likeness (QED) is 0.474. The summed E-state index contributed by atoms with van der Waals surface area (Å²) in [4.78, 5) is 28.4. The molecule has 1 amide bonds. The second kappa shape index (κ2) is 8.48. The standard InChI is InChI=1S/C21H20N4O3S/c1-28-20(27)15-9-11-16(12-10-15)22-18(26)13-29-21-23-19(14-7-8-14)25(24-21)17-5-3-2-4-6-17/h2-6,9-12,14H,7-8,13H2,1H3,(H,22,26). The van der Waals surface area contributed by atoms with Gasteiger partial charge in [-0.3, -0.25) is 4.79 Å². The molecular weight excluding hydrogens is 388 g/mol. The second-order valence-corrected chi connectivity index (χ2v) is 7.62. The minimum Gasteiger partial charge on any atom is -0.465 e. The number of esters is 1. The van der Waals surface area contributed by atoms with Crippen LogP contribution < -0.4 is 5.32 Å². The van der Waals surface area contributed by atoms with Gasteiger partial charge in [0.05, 0.1) is 24.1 Å². The summed E-state index contributed by atoms with van der Waals surface area (Å²) >= 11 is 1.31. The third-order valence-electron chi connectivity index (χ3n) is 4.48. The molecule has 148 valence electrons. The minimum absolute atomic E-state index is 0.162. The maximum atomic E-state index is 12.3. The molecule has 0 saturated heterocycles. The Labute approximate surface area is 172 Å². The first-order valence-electron chi connectivity index (χ1n) is 9.27. The molecule has 1 aromatic heterocycles. The lowest BCUT2D eigenvalue weighted by Crippen LogP contribution is -2.14. The van der Waals surface area contributed by atoms with Crippen molar-refractivity contribution in [3.05, 3.63) is 66.0 Å². The van der Waals surface area contributed by atoms with Crippen LogP contribution in [0.1, 0.15) is 34.9 Å². The summed E-state index contributed by atoms with van der Waals surface area (Å²) in [6, 6.07) is 16.5. The highest BCUT2D eigenvalue weighted by Crippen LogP contribution is 2.40.